The maximum Gasteiger partial charge on any atom is 0.233 e. The molecule has 0 spiro atoms. The van der Waals surface area contributed by atoms with E-state index in [1.807, 2.05) is 45.0 Å². The average molecular weight is 248 g/mol. The fraction of sp³-hybridized carbons (Fsp3) is 0.429. The van der Waals surface area contributed by atoms with E-state index in [1.54, 1.807) is 0 Å². The van der Waals surface area contributed by atoms with Gasteiger partial charge < -0.3 is 10.6 Å². The molecule has 0 radical (unpaired) electrons. The van der Waals surface area contributed by atoms with Crippen LogP contribution >= 0.6 is 0 Å². The summed E-state index contributed by atoms with van der Waals surface area (Å²) in [4.78, 5) is 23.2. The van der Waals surface area contributed by atoms with Gasteiger partial charge in [-0.3, -0.25) is 9.59 Å². The number of amides is 2. The van der Waals surface area contributed by atoms with Gasteiger partial charge in [0.05, 0.1) is 0 Å². The van der Waals surface area contributed by atoms with Gasteiger partial charge in [-0.2, -0.15) is 0 Å². The lowest BCUT2D eigenvalue weighted by atomic mass is 10.2. The predicted octanol–water partition coefficient (Wildman–Crippen LogP) is 2.24. The largest absolute Gasteiger partial charge is 0.353 e. The third-order valence-corrected chi connectivity index (χ3v) is 2.76. The van der Waals surface area contributed by atoms with Crippen LogP contribution in [0.5, 0.6) is 0 Å². The van der Waals surface area contributed by atoms with Crippen molar-refractivity contribution in [3.63, 3.8) is 0 Å². The first-order valence-corrected chi connectivity index (χ1v) is 6.17. The molecule has 0 fully saturated rings. The third-order valence-electron chi connectivity index (χ3n) is 2.76. The summed E-state index contributed by atoms with van der Waals surface area (Å²) >= 11 is 0. The van der Waals surface area contributed by atoms with Gasteiger partial charge in [0.2, 0.25) is 11.8 Å². The quantitative estimate of drug-likeness (QED) is 0.785. The number of hydrogen-bond acceptors (Lipinski definition) is 2. The first-order valence-electron chi connectivity index (χ1n) is 6.17. The summed E-state index contributed by atoms with van der Waals surface area (Å²) in [6.07, 6.45) is 0.712. The van der Waals surface area contributed by atoms with E-state index in [1.165, 1.54) is 0 Å². The highest BCUT2D eigenvalue weighted by Gasteiger charge is 2.11. The van der Waals surface area contributed by atoms with Crippen LogP contribution in [0.3, 0.4) is 0 Å². The van der Waals surface area contributed by atoms with Crippen LogP contribution < -0.4 is 10.6 Å². The van der Waals surface area contributed by atoms with Gasteiger partial charge in [0.1, 0.15) is 6.42 Å². The second-order valence-electron chi connectivity index (χ2n) is 4.42. The molecule has 1 unspecified atom stereocenters. The Morgan fingerprint density at radius 1 is 1.22 bits per heavy atom. The van der Waals surface area contributed by atoms with Crippen molar-refractivity contribution in [1.29, 1.82) is 0 Å². The zero-order valence-electron chi connectivity index (χ0n) is 11.1. The van der Waals surface area contributed by atoms with Crippen LogP contribution in [0, 0.1) is 6.92 Å². The van der Waals surface area contributed by atoms with Crippen LogP contribution in [0.25, 0.3) is 0 Å². The third kappa shape index (κ3) is 4.57. The highest BCUT2D eigenvalue weighted by Crippen LogP contribution is 2.13. The van der Waals surface area contributed by atoms with Crippen molar-refractivity contribution in [2.24, 2.45) is 0 Å². The van der Waals surface area contributed by atoms with Crippen LogP contribution in [-0.4, -0.2) is 17.9 Å². The molecular weight excluding hydrogens is 228 g/mol. The molecule has 98 valence electrons. The Bertz CT molecular complexity index is 430. The molecule has 0 saturated heterocycles. The fourth-order valence-corrected chi connectivity index (χ4v) is 1.48. The molecule has 1 aromatic carbocycles. The molecule has 2 amide bonds. The average Bonchev–Trinajstić information content (AvgIpc) is 2.31. The number of nitrogens with one attached hydrogen (secondary N) is 2. The molecule has 0 aromatic heterocycles. The van der Waals surface area contributed by atoms with Crippen molar-refractivity contribution in [3.05, 3.63) is 29.8 Å². The number of aryl methyl sites for hydroxylation is 1. The van der Waals surface area contributed by atoms with E-state index in [-0.39, 0.29) is 24.3 Å². The Balaban J connectivity index is 2.47. The smallest absolute Gasteiger partial charge is 0.233 e. The number of hydrogen-bond donors (Lipinski definition) is 2. The van der Waals surface area contributed by atoms with Crippen LogP contribution in [0.4, 0.5) is 5.69 Å². The molecule has 2 N–H and O–H groups in total. The number of rotatable bonds is 5. The second kappa shape index (κ2) is 6.79. The first kappa shape index (κ1) is 14.2. The van der Waals surface area contributed by atoms with E-state index in [9.17, 15) is 9.59 Å². The normalized spacial score (nSPS) is 11.7. The Kier molecular flexibility index (Phi) is 5.36. The number of para-hydroxylation sites is 1. The summed E-state index contributed by atoms with van der Waals surface area (Å²) in [5.74, 6) is -0.527. The van der Waals surface area contributed by atoms with E-state index < -0.39 is 0 Å². The lowest BCUT2D eigenvalue weighted by Crippen LogP contribution is -2.34. The van der Waals surface area contributed by atoms with Gasteiger partial charge >= 0.3 is 0 Å². The van der Waals surface area contributed by atoms with E-state index in [0.29, 0.717) is 0 Å². The molecule has 0 saturated carbocycles. The Morgan fingerprint density at radius 2 is 1.89 bits per heavy atom. The lowest BCUT2D eigenvalue weighted by molar-refractivity contribution is -0.127. The van der Waals surface area contributed by atoms with E-state index >= 15 is 0 Å². The summed E-state index contributed by atoms with van der Waals surface area (Å²) in [5.41, 5.74) is 1.73. The number of carbonyl (C=O) groups excluding carboxylic acids is 2. The molecule has 1 atom stereocenters. The molecule has 0 heterocycles. The zero-order chi connectivity index (χ0) is 13.5. The number of carbonyl (C=O) groups is 2. The number of benzene rings is 1. The van der Waals surface area contributed by atoms with Crippen LogP contribution in [-0.2, 0) is 9.59 Å². The molecule has 1 rings (SSSR count). The Hall–Kier alpha value is -1.84. The van der Waals surface area contributed by atoms with Crippen LogP contribution in [0.2, 0.25) is 0 Å². The van der Waals surface area contributed by atoms with E-state index in [2.05, 4.69) is 10.6 Å². The van der Waals surface area contributed by atoms with Crippen LogP contribution in [0.1, 0.15) is 32.3 Å². The van der Waals surface area contributed by atoms with E-state index in [4.69, 9.17) is 0 Å². The highest BCUT2D eigenvalue weighted by atomic mass is 16.2. The topological polar surface area (TPSA) is 58.2 Å². The minimum atomic E-state index is -0.287. The van der Waals surface area contributed by atoms with Crippen LogP contribution in [0.15, 0.2) is 24.3 Å². The fourth-order valence-electron chi connectivity index (χ4n) is 1.48. The summed E-state index contributed by atoms with van der Waals surface area (Å²) in [6, 6.07) is 7.58. The predicted molar refractivity (Wildman–Crippen MR) is 72.3 cm³/mol. The zero-order valence-corrected chi connectivity index (χ0v) is 11.1. The molecule has 1 aromatic rings. The second-order valence-corrected chi connectivity index (χ2v) is 4.42. The first-order chi connectivity index (χ1) is 8.52. The van der Waals surface area contributed by atoms with Gasteiger partial charge in [-0.05, 0) is 31.9 Å². The SMILES string of the molecule is CCC(C)NC(=O)CC(=O)Nc1ccccc1C. The van der Waals surface area contributed by atoms with E-state index in [0.717, 1.165) is 17.7 Å². The van der Waals surface area contributed by atoms with Gasteiger partial charge in [0.15, 0.2) is 0 Å². The van der Waals surface area contributed by atoms with Crippen molar-refractivity contribution in [2.45, 2.75) is 39.7 Å². The monoisotopic (exact) mass is 248 g/mol. The minimum absolute atomic E-state index is 0.101. The standard InChI is InChI=1S/C14H20N2O2/c1-4-11(3)15-13(17)9-14(18)16-12-8-6-5-7-10(12)2/h5-8,11H,4,9H2,1-3H3,(H,15,17)(H,16,18). The molecule has 0 aliphatic rings. The molecule has 0 bridgehead atoms. The molecule has 0 aliphatic carbocycles. The van der Waals surface area contributed by atoms with Gasteiger partial charge in [0, 0.05) is 11.7 Å². The van der Waals surface area contributed by atoms with Gasteiger partial charge in [-0.25, -0.2) is 0 Å². The molecule has 18 heavy (non-hydrogen) atoms. The van der Waals surface area contributed by atoms with Gasteiger partial charge in [0.25, 0.3) is 0 Å². The Labute approximate surface area is 108 Å². The van der Waals surface area contributed by atoms with Crippen molar-refractivity contribution in [3.8, 4) is 0 Å². The van der Waals surface area contributed by atoms with Gasteiger partial charge in [-0.15, -0.1) is 0 Å². The van der Waals surface area contributed by atoms with Crippen molar-refractivity contribution in [1.82, 2.24) is 5.32 Å². The lowest BCUT2D eigenvalue weighted by Gasteiger charge is -2.12. The molecule has 0 aliphatic heterocycles. The maximum atomic E-state index is 11.7. The van der Waals surface area contributed by atoms with Gasteiger partial charge in [-0.1, -0.05) is 25.1 Å². The van der Waals surface area contributed by atoms with Crippen molar-refractivity contribution in [2.75, 3.05) is 5.32 Å². The molecule has 4 nitrogen and oxygen atoms in total. The van der Waals surface area contributed by atoms with Crippen molar-refractivity contribution < 1.29 is 9.59 Å². The summed E-state index contributed by atoms with van der Waals surface area (Å²) < 4.78 is 0. The van der Waals surface area contributed by atoms with Crippen molar-refractivity contribution >= 4 is 17.5 Å². The highest BCUT2D eigenvalue weighted by molar-refractivity contribution is 6.03. The summed E-state index contributed by atoms with van der Waals surface area (Å²) in [5, 5.41) is 5.49. The maximum absolute atomic E-state index is 11.7. The number of anilines is 1. The molecule has 4 heteroatoms. The molecular formula is C14H20N2O2. The minimum Gasteiger partial charge on any atom is -0.353 e. The Morgan fingerprint density at radius 3 is 2.50 bits per heavy atom. The summed E-state index contributed by atoms with van der Waals surface area (Å²) in [6.45, 7) is 5.81. The summed E-state index contributed by atoms with van der Waals surface area (Å²) in [7, 11) is 0.